The number of aliphatic hydroxyl groups excluding tert-OH is 1. The van der Waals surface area contributed by atoms with Gasteiger partial charge in [-0.25, -0.2) is 4.79 Å². The van der Waals surface area contributed by atoms with Crippen molar-refractivity contribution in [3.8, 4) is 0 Å². The van der Waals surface area contributed by atoms with E-state index >= 15 is 0 Å². The standard InChI is InChI=1S/C56H62BrN3O14Si/c1-36(61)26-31-46(63)72-48-45(35-69-75(56(3,4)5,42-22-14-8-15-23-42)43-24-16-9-17-25-43)71-55(47(59-60-58)50(48)67-33-39-27-29-41(57)30-28-39)74-49-44(34-66-37(2)62)70-54(65)52(73-53(64)40-20-12-7-13-21-40)51(49)68-32-38-18-10-6-11-19-38/h6-25,27-30,44-45,47-52,54-55,65H,26,31-35H2,1-5H3/t44-,45+,47+,48+,49+,50+,51-,52+,54?,55+/m0/s1. The second-order valence-electron chi connectivity index (χ2n) is 19.2. The third-order valence-corrected chi connectivity index (χ3v) is 18.4. The van der Waals surface area contributed by atoms with E-state index < -0.39 is 99.2 Å². The highest BCUT2D eigenvalue weighted by Gasteiger charge is 2.57. The van der Waals surface area contributed by atoms with E-state index in [-0.39, 0.29) is 44.0 Å². The smallest absolute Gasteiger partial charge is 0.338 e. The van der Waals surface area contributed by atoms with Gasteiger partial charge in [-0.2, -0.15) is 0 Å². The molecule has 0 aliphatic carbocycles. The Labute approximate surface area is 445 Å². The van der Waals surface area contributed by atoms with E-state index in [2.05, 4.69) is 46.7 Å². The van der Waals surface area contributed by atoms with Gasteiger partial charge in [-0.05, 0) is 63.3 Å². The molecule has 10 atom stereocenters. The fourth-order valence-corrected chi connectivity index (χ4v) is 14.1. The molecular formula is C56H62BrN3O14Si. The van der Waals surface area contributed by atoms with E-state index in [0.29, 0.717) is 11.1 Å². The molecule has 2 aliphatic rings. The third-order valence-electron chi connectivity index (χ3n) is 12.9. The maximum atomic E-state index is 13.9. The first-order valence-corrected chi connectivity index (χ1v) is 27.3. The zero-order valence-corrected chi connectivity index (χ0v) is 44.9. The predicted octanol–water partition coefficient (Wildman–Crippen LogP) is 8.07. The van der Waals surface area contributed by atoms with Gasteiger partial charge in [0.15, 0.2) is 24.8 Å². The van der Waals surface area contributed by atoms with Crippen LogP contribution in [0.15, 0.2) is 155 Å². The summed E-state index contributed by atoms with van der Waals surface area (Å²) in [4.78, 5) is 55.6. The summed E-state index contributed by atoms with van der Waals surface area (Å²) in [5.41, 5.74) is 12.0. The van der Waals surface area contributed by atoms with Crippen LogP contribution in [0, 0.1) is 0 Å². The van der Waals surface area contributed by atoms with Gasteiger partial charge in [-0.15, -0.1) is 0 Å². The number of benzene rings is 5. The van der Waals surface area contributed by atoms with Crippen LogP contribution in [-0.4, -0.2) is 112 Å². The molecular weight excluding hydrogens is 1050 g/mol. The summed E-state index contributed by atoms with van der Waals surface area (Å²) in [5.74, 6) is -2.48. The lowest BCUT2D eigenvalue weighted by Crippen LogP contribution is -2.69. The number of aliphatic hydroxyl groups is 1. The molecule has 17 nitrogen and oxygen atoms in total. The molecule has 0 spiro atoms. The second-order valence-corrected chi connectivity index (χ2v) is 24.5. The van der Waals surface area contributed by atoms with E-state index in [9.17, 15) is 29.8 Å². The van der Waals surface area contributed by atoms with Gasteiger partial charge in [0.1, 0.15) is 49.0 Å². The van der Waals surface area contributed by atoms with E-state index in [0.717, 1.165) is 14.8 Å². The highest BCUT2D eigenvalue weighted by Crippen LogP contribution is 2.40. The molecule has 0 aromatic heterocycles. The van der Waals surface area contributed by atoms with E-state index in [1.165, 1.54) is 13.8 Å². The Hall–Kier alpha value is -6.09. The lowest BCUT2D eigenvalue weighted by molar-refractivity contribution is -0.346. The van der Waals surface area contributed by atoms with Crippen LogP contribution in [0.25, 0.3) is 10.4 Å². The topological polar surface area (TPSA) is 220 Å². The molecule has 0 bridgehead atoms. The van der Waals surface area contributed by atoms with E-state index in [4.69, 9.17) is 42.3 Å². The number of carbonyl (C=O) groups excluding carboxylic acids is 4. The number of carbonyl (C=O) groups is 4. The minimum Gasteiger partial charge on any atom is -0.463 e. The first kappa shape index (κ1) is 56.6. The molecule has 5 aromatic rings. The van der Waals surface area contributed by atoms with Crippen LogP contribution in [0.3, 0.4) is 0 Å². The summed E-state index contributed by atoms with van der Waals surface area (Å²) >= 11 is 3.48. The van der Waals surface area contributed by atoms with Crippen LogP contribution in [0.1, 0.15) is 68.9 Å². The van der Waals surface area contributed by atoms with Crippen molar-refractivity contribution in [3.05, 3.63) is 177 Å². The van der Waals surface area contributed by atoms with Gasteiger partial charge in [-0.1, -0.05) is 163 Å². The minimum atomic E-state index is -3.37. The monoisotopic (exact) mass is 1110 g/mol. The molecule has 0 saturated carbocycles. The fraction of sp³-hybridized carbons (Fsp3) is 0.393. The maximum absolute atomic E-state index is 13.9. The zero-order chi connectivity index (χ0) is 53.5. The number of rotatable bonds is 22. The number of nitrogens with zero attached hydrogens (tertiary/aromatic N) is 3. The van der Waals surface area contributed by atoms with Crippen molar-refractivity contribution in [2.75, 3.05) is 13.2 Å². The molecule has 0 amide bonds. The molecule has 0 radical (unpaired) electrons. The first-order valence-electron chi connectivity index (χ1n) is 24.6. The number of ketones is 1. The van der Waals surface area contributed by atoms with E-state index in [1.807, 2.05) is 115 Å². The van der Waals surface area contributed by atoms with Gasteiger partial charge in [0, 0.05) is 22.7 Å². The average molecular weight is 1110 g/mol. The lowest BCUT2D eigenvalue weighted by Gasteiger charge is -2.49. The Balaban J connectivity index is 1.37. The van der Waals surface area contributed by atoms with Crippen LogP contribution in [-0.2, 0) is 69.9 Å². The number of hydrogen-bond donors (Lipinski definition) is 1. The maximum Gasteiger partial charge on any atom is 0.338 e. The quantitative estimate of drug-likeness (QED) is 0.0173. The number of ether oxygens (including phenoxy) is 8. The predicted molar refractivity (Wildman–Crippen MR) is 281 cm³/mol. The summed E-state index contributed by atoms with van der Waals surface area (Å²) in [6.45, 7) is 7.97. The molecule has 1 N–H and O–H groups in total. The Bertz CT molecular complexity index is 2660. The molecule has 7 rings (SSSR count). The molecule has 2 heterocycles. The largest absolute Gasteiger partial charge is 0.463 e. The van der Waals surface area contributed by atoms with Crippen LogP contribution in [0.5, 0.6) is 0 Å². The van der Waals surface area contributed by atoms with Crippen molar-refractivity contribution in [2.45, 2.75) is 127 Å². The summed E-state index contributed by atoms with van der Waals surface area (Å²) in [5, 5.41) is 17.3. The van der Waals surface area contributed by atoms with Crippen molar-refractivity contribution >= 4 is 58.3 Å². The highest BCUT2D eigenvalue weighted by molar-refractivity contribution is 9.10. The van der Waals surface area contributed by atoms with Crippen molar-refractivity contribution < 1.29 is 66.6 Å². The Morgan fingerprint density at radius 1 is 0.667 bits per heavy atom. The van der Waals surface area contributed by atoms with Gasteiger partial charge in [-0.3, -0.25) is 9.59 Å². The highest BCUT2D eigenvalue weighted by atomic mass is 79.9. The molecule has 2 aliphatic heterocycles. The Kier molecular flexibility index (Phi) is 20.1. The van der Waals surface area contributed by atoms with E-state index in [1.54, 1.807) is 30.3 Å². The van der Waals surface area contributed by atoms with Gasteiger partial charge >= 0.3 is 17.9 Å². The Morgan fingerprint density at radius 2 is 1.21 bits per heavy atom. The average Bonchev–Trinajstić information content (AvgIpc) is 3.40. The SMILES string of the molecule is CC(=O)CCC(=O)O[C@H]1[C@H](OCc2ccc(Br)cc2)[C@@H](N=[N+]=[N-])[C@@H](O[C@H]2[C@H](OCc3ccccc3)[C@@H](OC(=O)c3ccccc3)C(O)O[C@H]2COC(C)=O)O[C@@H]1CO[Si](c1ccccc1)(c1ccccc1)C(C)(C)C. The molecule has 396 valence electrons. The summed E-state index contributed by atoms with van der Waals surface area (Å²) in [6, 6.07) is 42.8. The minimum absolute atomic E-state index is 0.0833. The number of hydrogen-bond acceptors (Lipinski definition) is 15. The van der Waals surface area contributed by atoms with Crippen LogP contribution in [0.4, 0.5) is 0 Å². The van der Waals surface area contributed by atoms with Gasteiger partial charge < -0.3 is 52.2 Å². The Morgan fingerprint density at radius 3 is 1.77 bits per heavy atom. The number of Topliss-reactive ketones (excluding diaryl/α,β-unsaturated/α-hetero) is 1. The molecule has 2 fully saturated rings. The number of azide groups is 1. The third kappa shape index (κ3) is 14.6. The molecule has 5 aromatic carbocycles. The first-order chi connectivity index (χ1) is 36.1. The fourth-order valence-electron chi connectivity index (χ4n) is 9.28. The van der Waals surface area contributed by atoms with Crippen LogP contribution in [0.2, 0.25) is 5.04 Å². The van der Waals surface area contributed by atoms with Crippen molar-refractivity contribution in [2.24, 2.45) is 5.11 Å². The molecule has 75 heavy (non-hydrogen) atoms. The number of halogens is 1. The van der Waals surface area contributed by atoms with Gasteiger partial charge in [0.25, 0.3) is 8.32 Å². The normalized spacial score (nSPS) is 23.8. The molecule has 19 heteroatoms. The second kappa shape index (κ2) is 26.6. The van der Waals surface area contributed by atoms with Gasteiger partial charge in [0.05, 0.1) is 31.8 Å². The van der Waals surface area contributed by atoms with Crippen LogP contribution >= 0.6 is 15.9 Å². The number of esters is 3. The van der Waals surface area contributed by atoms with Gasteiger partial charge in [0.2, 0.25) is 0 Å². The van der Waals surface area contributed by atoms with Crippen LogP contribution < -0.4 is 10.4 Å². The van der Waals surface area contributed by atoms with Crippen molar-refractivity contribution in [3.63, 3.8) is 0 Å². The summed E-state index contributed by atoms with van der Waals surface area (Å²) in [6.07, 6.45) is -13.5. The molecule has 1 unspecified atom stereocenters. The lowest BCUT2D eigenvalue weighted by atomic mass is 9.95. The van der Waals surface area contributed by atoms with Crippen molar-refractivity contribution in [1.82, 2.24) is 0 Å². The van der Waals surface area contributed by atoms with Crippen molar-refractivity contribution in [1.29, 1.82) is 0 Å². The summed E-state index contributed by atoms with van der Waals surface area (Å²) < 4.78 is 59.5. The summed E-state index contributed by atoms with van der Waals surface area (Å²) in [7, 11) is -3.37. The zero-order valence-electron chi connectivity index (χ0n) is 42.3. The molecule has 2 saturated heterocycles.